The van der Waals surface area contributed by atoms with Gasteiger partial charge in [0.2, 0.25) is 5.82 Å². The van der Waals surface area contributed by atoms with Gasteiger partial charge in [0.25, 0.3) is 0 Å². The molecule has 7 nitrogen and oxygen atoms in total. The van der Waals surface area contributed by atoms with Gasteiger partial charge in [-0.05, 0) is 11.1 Å². The summed E-state index contributed by atoms with van der Waals surface area (Å²) >= 11 is 0. The van der Waals surface area contributed by atoms with E-state index in [0.717, 1.165) is 10.6 Å². The first-order valence-electron chi connectivity index (χ1n) is 8.39. The van der Waals surface area contributed by atoms with E-state index in [9.17, 15) is 18.0 Å². The maximum Gasteiger partial charge on any atom is 0.471 e. The number of carbonyl (C=O) groups excluding carboxylic acids is 1. The van der Waals surface area contributed by atoms with Crippen molar-refractivity contribution in [2.45, 2.75) is 19.3 Å². The lowest BCUT2D eigenvalue weighted by atomic mass is 10.1. The normalized spacial score (nSPS) is 11.3. The lowest BCUT2D eigenvalue weighted by Crippen LogP contribution is -2.30. The van der Waals surface area contributed by atoms with E-state index in [-0.39, 0.29) is 19.0 Å². The fourth-order valence-corrected chi connectivity index (χ4v) is 2.38. The fourth-order valence-electron chi connectivity index (χ4n) is 2.38. The zero-order valence-corrected chi connectivity index (χ0v) is 15.2. The highest BCUT2D eigenvalue weighted by Crippen LogP contribution is 2.29. The van der Waals surface area contributed by atoms with Gasteiger partial charge >= 0.3 is 18.2 Å². The third-order valence-electron chi connectivity index (χ3n) is 3.84. The van der Waals surface area contributed by atoms with Crippen LogP contribution in [0.3, 0.4) is 0 Å². The van der Waals surface area contributed by atoms with Crippen molar-refractivity contribution in [3.8, 4) is 11.4 Å². The smallest absolute Gasteiger partial charge is 0.443 e. The molecule has 0 spiro atoms. The minimum Gasteiger partial charge on any atom is -0.443 e. The van der Waals surface area contributed by atoms with Gasteiger partial charge in [-0.25, -0.2) is 4.79 Å². The molecule has 152 valence electrons. The molecule has 0 atom stereocenters. The zero-order chi connectivity index (χ0) is 20.9. The van der Waals surface area contributed by atoms with E-state index in [2.05, 4.69) is 14.7 Å². The van der Waals surface area contributed by atoms with Gasteiger partial charge in [0.1, 0.15) is 6.61 Å². The van der Waals surface area contributed by atoms with E-state index in [1.54, 1.807) is 12.1 Å². The van der Waals surface area contributed by atoms with Crippen LogP contribution in [0.5, 0.6) is 0 Å². The molecule has 0 radical (unpaired) electrons. The molecule has 1 aromatic heterocycles. The second kappa shape index (κ2) is 8.74. The predicted octanol–water partition coefficient (Wildman–Crippen LogP) is 4.46. The number of carbonyl (C=O) groups is 1. The summed E-state index contributed by atoms with van der Waals surface area (Å²) in [5.41, 5.74) is 1.83. The average Bonchev–Trinajstić information content (AvgIpc) is 3.22. The largest absolute Gasteiger partial charge is 0.471 e. The highest BCUT2D eigenvalue weighted by molar-refractivity contribution is 5.66. The zero-order valence-electron chi connectivity index (χ0n) is 15.2. The van der Waals surface area contributed by atoms with Gasteiger partial charge in [-0.1, -0.05) is 59.8 Å². The highest BCUT2D eigenvalue weighted by atomic mass is 19.4. The van der Waals surface area contributed by atoms with Gasteiger partial charge < -0.3 is 9.26 Å². The number of amides is 1. The number of alkyl halides is 3. The molecule has 0 aliphatic carbocycles. The van der Waals surface area contributed by atoms with Crippen molar-refractivity contribution in [2.75, 3.05) is 7.11 Å². The lowest BCUT2D eigenvalue weighted by Gasteiger charge is -2.19. The van der Waals surface area contributed by atoms with Crippen LogP contribution in [-0.2, 0) is 28.9 Å². The van der Waals surface area contributed by atoms with E-state index in [0.29, 0.717) is 11.1 Å². The van der Waals surface area contributed by atoms with Crippen LogP contribution < -0.4 is 0 Å². The van der Waals surface area contributed by atoms with Crippen LogP contribution in [0.1, 0.15) is 17.0 Å². The summed E-state index contributed by atoms with van der Waals surface area (Å²) < 4.78 is 47.1. The van der Waals surface area contributed by atoms with E-state index in [1.807, 2.05) is 30.3 Å². The number of benzene rings is 2. The standard InChI is InChI=1S/C19H16F3N3O4/c1-27-25(18(26)28-12-14-5-3-2-4-6-14)11-13-7-9-15(10-8-13)16-23-17(29-24-16)19(20,21)22/h2-10H,11-12H2,1H3. The Balaban J connectivity index is 1.61. The van der Waals surface area contributed by atoms with Crippen molar-refractivity contribution < 1.29 is 32.1 Å². The molecule has 0 N–H and O–H groups in total. The second-order valence-corrected chi connectivity index (χ2v) is 5.88. The molecule has 1 heterocycles. The monoisotopic (exact) mass is 407 g/mol. The maximum absolute atomic E-state index is 12.6. The van der Waals surface area contributed by atoms with Crippen LogP contribution in [-0.4, -0.2) is 28.4 Å². The average molecular weight is 407 g/mol. The summed E-state index contributed by atoms with van der Waals surface area (Å²) in [7, 11) is 1.33. The molecule has 2 aromatic carbocycles. The predicted molar refractivity (Wildman–Crippen MR) is 93.9 cm³/mol. The molecule has 0 aliphatic heterocycles. The van der Waals surface area contributed by atoms with Crippen LogP contribution >= 0.6 is 0 Å². The summed E-state index contributed by atoms with van der Waals surface area (Å²) in [6.07, 6.45) is -5.38. The molecular weight excluding hydrogens is 391 g/mol. The molecular formula is C19H16F3N3O4. The Morgan fingerprint density at radius 3 is 2.34 bits per heavy atom. The molecule has 1 amide bonds. The molecule has 3 aromatic rings. The molecule has 0 aliphatic rings. The van der Waals surface area contributed by atoms with Crippen molar-refractivity contribution in [3.63, 3.8) is 0 Å². The molecule has 29 heavy (non-hydrogen) atoms. The SMILES string of the molecule is CON(Cc1ccc(-c2noc(C(F)(F)F)n2)cc1)C(=O)OCc1ccccc1. The summed E-state index contributed by atoms with van der Waals surface area (Å²) in [4.78, 5) is 20.6. The summed E-state index contributed by atoms with van der Waals surface area (Å²) in [5, 5.41) is 4.35. The van der Waals surface area contributed by atoms with Crippen molar-refractivity contribution >= 4 is 6.09 Å². The van der Waals surface area contributed by atoms with Crippen LogP contribution in [0.15, 0.2) is 59.1 Å². The van der Waals surface area contributed by atoms with Crippen molar-refractivity contribution in [2.24, 2.45) is 0 Å². The lowest BCUT2D eigenvalue weighted by molar-refractivity contribution is -0.159. The van der Waals surface area contributed by atoms with Crippen molar-refractivity contribution in [1.82, 2.24) is 15.2 Å². The molecule has 0 unspecified atom stereocenters. The quantitative estimate of drug-likeness (QED) is 0.562. The molecule has 10 heteroatoms. The van der Waals surface area contributed by atoms with E-state index >= 15 is 0 Å². The van der Waals surface area contributed by atoms with Crippen LogP contribution in [0.25, 0.3) is 11.4 Å². The summed E-state index contributed by atoms with van der Waals surface area (Å²) in [5.74, 6) is -1.60. The Morgan fingerprint density at radius 2 is 1.76 bits per heavy atom. The summed E-state index contributed by atoms with van der Waals surface area (Å²) in [6.45, 7) is 0.169. The number of nitrogens with zero attached hydrogens (tertiary/aromatic N) is 3. The van der Waals surface area contributed by atoms with Gasteiger partial charge in [0.05, 0.1) is 13.7 Å². The molecule has 0 fully saturated rings. The topological polar surface area (TPSA) is 77.7 Å². The number of aromatic nitrogens is 2. The Morgan fingerprint density at radius 1 is 1.07 bits per heavy atom. The van der Waals surface area contributed by atoms with Crippen LogP contribution in [0, 0.1) is 0 Å². The third kappa shape index (κ3) is 5.32. The summed E-state index contributed by atoms with van der Waals surface area (Å²) in [6, 6.07) is 15.4. The van der Waals surface area contributed by atoms with E-state index in [4.69, 9.17) is 9.57 Å². The molecule has 0 saturated heterocycles. The van der Waals surface area contributed by atoms with E-state index < -0.39 is 18.2 Å². The highest BCUT2D eigenvalue weighted by Gasteiger charge is 2.38. The van der Waals surface area contributed by atoms with Crippen LogP contribution in [0.4, 0.5) is 18.0 Å². The van der Waals surface area contributed by atoms with Gasteiger partial charge in [-0.15, -0.1) is 0 Å². The minimum atomic E-state index is -4.70. The Labute approximate surface area is 163 Å². The molecule has 0 saturated carbocycles. The van der Waals surface area contributed by atoms with Gasteiger partial charge in [0, 0.05) is 5.56 Å². The Bertz CT molecular complexity index is 943. The van der Waals surface area contributed by atoms with Gasteiger partial charge in [-0.2, -0.15) is 23.2 Å². The first-order valence-corrected chi connectivity index (χ1v) is 8.39. The molecule has 3 rings (SSSR count). The van der Waals surface area contributed by atoms with Crippen molar-refractivity contribution in [1.29, 1.82) is 0 Å². The van der Waals surface area contributed by atoms with Gasteiger partial charge in [-0.3, -0.25) is 4.84 Å². The number of hydrogen-bond donors (Lipinski definition) is 0. The van der Waals surface area contributed by atoms with Gasteiger partial charge in [0.15, 0.2) is 0 Å². The number of hydroxylamine groups is 2. The Hall–Kier alpha value is -3.40. The minimum absolute atomic E-state index is 0.0739. The Kier molecular flexibility index (Phi) is 6.13. The van der Waals surface area contributed by atoms with Crippen LogP contribution in [0.2, 0.25) is 0 Å². The first-order chi connectivity index (χ1) is 13.9. The third-order valence-corrected chi connectivity index (χ3v) is 3.84. The number of halogens is 3. The van der Waals surface area contributed by atoms with E-state index in [1.165, 1.54) is 19.2 Å². The number of ether oxygens (including phenoxy) is 1. The number of hydrogen-bond acceptors (Lipinski definition) is 6. The number of rotatable bonds is 6. The first kappa shape index (κ1) is 20.3. The second-order valence-electron chi connectivity index (χ2n) is 5.88. The maximum atomic E-state index is 12.6. The molecule has 0 bridgehead atoms. The fraction of sp³-hybridized carbons (Fsp3) is 0.211. The van der Waals surface area contributed by atoms with Crippen molar-refractivity contribution in [3.05, 3.63) is 71.6 Å².